The van der Waals surface area contributed by atoms with Gasteiger partial charge < -0.3 is 10.1 Å². The number of nitriles is 1. The summed E-state index contributed by atoms with van der Waals surface area (Å²) < 4.78 is 5.21. The van der Waals surface area contributed by atoms with Crippen molar-refractivity contribution in [3.63, 3.8) is 0 Å². The zero-order valence-electron chi connectivity index (χ0n) is 9.87. The molecule has 0 saturated carbocycles. The largest absolute Gasteiger partial charge is 0.495 e. The molecule has 0 heterocycles. The molecule has 84 valence electrons. The highest BCUT2D eigenvalue weighted by Gasteiger charge is 2.02. The molecule has 0 aliphatic rings. The van der Waals surface area contributed by atoms with Gasteiger partial charge in [-0.3, -0.25) is 0 Å². The van der Waals surface area contributed by atoms with Gasteiger partial charge in [-0.1, -0.05) is 11.6 Å². The SMILES string of the molecule is COc1cc(C#N)ccc1NCC=C(C)C. The van der Waals surface area contributed by atoms with Gasteiger partial charge in [0.1, 0.15) is 5.75 Å². The number of methoxy groups -OCH3 is 1. The Balaban J connectivity index is 2.80. The summed E-state index contributed by atoms with van der Waals surface area (Å²) in [5.74, 6) is 0.696. The maximum atomic E-state index is 8.76. The minimum absolute atomic E-state index is 0.601. The van der Waals surface area contributed by atoms with E-state index in [1.165, 1.54) is 5.57 Å². The molecule has 0 radical (unpaired) electrons. The molecule has 3 nitrogen and oxygen atoms in total. The average Bonchev–Trinajstić information content (AvgIpc) is 2.29. The molecular weight excluding hydrogens is 200 g/mol. The maximum Gasteiger partial charge on any atom is 0.143 e. The van der Waals surface area contributed by atoms with Crippen LogP contribution in [0.25, 0.3) is 0 Å². The van der Waals surface area contributed by atoms with Crippen LogP contribution in [0.15, 0.2) is 29.8 Å². The Morgan fingerprint density at radius 2 is 2.25 bits per heavy atom. The maximum absolute atomic E-state index is 8.76. The van der Waals surface area contributed by atoms with E-state index in [2.05, 4.69) is 31.3 Å². The lowest BCUT2D eigenvalue weighted by Gasteiger charge is -2.09. The van der Waals surface area contributed by atoms with Gasteiger partial charge in [0.05, 0.1) is 24.4 Å². The molecule has 0 aliphatic carbocycles. The normalized spacial score (nSPS) is 9.12. The van der Waals surface area contributed by atoms with Crippen LogP contribution in [-0.2, 0) is 0 Å². The molecule has 0 aromatic heterocycles. The van der Waals surface area contributed by atoms with Crippen LogP contribution in [0.5, 0.6) is 5.75 Å². The van der Waals surface area contributed by atoms with Crippen LogP contribution in [-0.4, -0.2) is 13.7 Å². The first kappa shape index (κ1) is 12.1. The highest BCUT2D eigenvalue weighted by molar-refractivity contribution is 5.59. The molecule has 1 aromatic rings. The molecule has 1 rings (SSSR count). The molecule has 16 heavy (non-hydrogen) atoms. The van der Waals surface area contributed by atoms with Gasteiger partial charge in [0, 0.05) is 12.6 Å². The summed E-state index contributed by atoms with van der Waals surface area (Å²) in [6.45, 7) is 4.86. The predicted molar refractivity (Wildman–Crippen MR) is 65.6 cm³/mol. The lowest BCUT2D eigenvalue weighted by Crippen LogP contribution is -2.01. The number of benzene rings is 1. The van der Waals surface area contributed by atoms with Gasteiger partial charge in [0.25, 0.3) is 0 Å². The van der Waals surface area contributed by atoms with E-state index in [-0.39, 0.29) is 0 Å². The van der Waals surface area contributed by atoms with E-state index in [9.17, 15) is 0 Å². The van der Waals surface area contributed by atoms with Crippen LogP contribution in [0.1, 0.15) is 19.4 Å². The molecule has 0 atom stereocenters. The Hall–Kier alpha value is -1.95. The minimum Gasteiger partial charge on any atom is -0.495 e. The van der Waals surface area contributed by atoms with Crippen molar-refractivity contribution in [2.24, 2.45) is 0 Å². The molecule has 0 saturated heterocycles. The summed E-state index contributed by atoms with van der Waals surface area (Å²) in [4.78, 5) is 0. The lowest BCUT2D eigenvalue weighted by atomic mass is 10.2. The molecule has 0 unspecified atom stereocenters. The van der Waals surface area contributed by atoms with Crippen molar-refractivity contribution < 1.29 is 4.74 Å². The van der Waals surface area contributed by atoms with E-state index in [1.54, 1.807) is 19.2 Å². The van der Waals surface area contributed by atoms with Crippen molar-refractivity contribution in [3.05, 3.63) is 35.4 Å². The Morgan fingerprint density at radius 1 is 1.50 bits per heavy atom. The van der Waals surface area contributed by atoms with Crippen molar-refractivity contribution in [1.82, 2.24) is 0 Å². The van der Waals surface area contributed by atoms with Gasteiger partial charge in [0.15, 0.2) is 0 Å². The van der Waals surface area contributed by atoms with E-state index in [4.69, 9.17) is 10.00 Å². The summed E-state index contributed by atoms with van der Waals surface area (Å²) in [6, 6.07) is 7.44. The van der Waals surface area contributed by atoms with E-state index >= 15 is 0 Å². The number of allylic oxidation sites excluding steroid dienone is 1. The topological polar surface area (TPSA) is 45.0 Å². The third-order valence-corrected chi connectivity index (χ3v) is 2.13. The second-order valence-corrected chi connectivity index (χ2v) is 3.69. The fourth-order valence-corrected chi connectivity index (χ4v) is 1.27. The second-order valence-electron chi connectivity index (χ2n) is 3.69. The summed E-state index contributed by atoms with van der Waals surface area (Å²) in [6.07, 6.45) is 2.09. The quantitative estimate of drug-likeness (QED) is 0.787. The predicted octanol–water partition coefficient (Wildman–Crippen LogP) is 2.94. The number of rotatable bonds is 4. The molecule has 1 aromatic carbocycles. The number of nitrogens with one attached hydrogen (secondary N) is 1. The molecule has 3 heteroatoms. The molecule has 0 bridgehead atoms. The number of ether oxygens (including phenoxy) is 1. The van der Waals surface area contributed by atoms with Crippen molar-refractivity contribution in [3.8, 4) is 11.8 Å². The first-order valence-electron chi connectivity index (χ1n) is 5.12. The fourth-order valence-electron chi connectivity index (χ4n) is 1.27. The fraction of sp³-hybridized carbons (Fsp3) is 0.308. The minimum atomic E-state index is 0.601. The van der Waals surface area contributed by atoms with Gasteiger partial charge in [-0.2, -0.15) is 5.26 Å². The van der Waals surface area contributed by atoms with Crippen LogP contribution in [0.2, 0.25) is 0 Å². The standard InChI is InChI=1S/C13H16N2O/c1-10(2)6-7-15-12-5-4-11(9-14)8-13(12)16-3/h4-6,8,15H,7H2,1-3H3. The zero-order chi connectivity index (χ0) is 12.0. The first-order valence-corrected chi connectivity index (χ1v) is 5.12. The third-order valence-electron chi connectivity index (χ3n) is 2.13. The molecule has 0 fully saturated rings. The van der Waals surface area contributed by atoms with E-state index in [0.717, 1.165) is 12.2 Å². The average molecular weight is 216 g/mol. The van der Waals surface area contributed by atoms with Gasteiger partial charge in [-0.05, 0) is 26.0 Å². The van der Waals surface area contributed by atoms with Crippen LogP contribution in [0, 0.1) is 11.3 Å². The summed E-state index contributed by atoms with van der Waals surface area (Å²) in [5, 5.41) is 12.0. The van der Waals surface area contributed by atoms with Gasteiger partial charge in [-0.25, -0.2) is 0 Å². The molecule has 1 N–H and O–H groups in total. The van der Waals surface area contributed by atoms with Crippen LogP contribution < -0.4 is 10.1 Å². The van der Waals surface area contributed by atoms with Gasteiger partial charge >= 0.3 is 0 Å². The van der Waals surface area contributed by atoms with Crippen molar-refractivity contribution >= 4 is 5.69 Å². The van der Waals surface area contributed by atoms with Crippen LogP contribution in [0.4, 0.5) is 5.69 Å². The zero-order valence-corrected chi connectivity index (χ0v) is 9.87. The summed E-state index contributed by atoms with van der Waals surface area (Å²) in [7, 11) is 1.60. The Morgan fingerprint density at radius 3 is 2.81 bits per heavy atom. The summed E-state index contributed by atoms with van der Waals surface area (Å²) in [5.41, 5.74) is 2.77. The Labute approximate surface area is 96.4 Å². The monoisotopic (exact) mass is 216 g/mol. The smallest absolute Gasteiger partial charge is 0.143 e. The van der Waals surface area contributed by atoms with Crippen LogP contribution >= 0.6 is 0 Å². The molecule has 0 aliphatic heterocycles. The molecule has 0 amide bonds. The lowest BCUT2D eigenvalue weighted by molar-refractivity contribution is 0.416. The van der Waals surface area contributed by atoms with E-state index in [1.807, 2.05) is 6.07 Å². The first-order chi connectivity index (χ1) is 7.67. The van der Waals surface area contributed by atoms with Gasteiger partial charge in [0.2, 0.25) is 0 Å². The van der Waals surface area contributed by atoms with E-state index < -0.39 is 0 Å². The second kappa shape index (κ2) is 5.82. The Bertz CT molecular complexity index is 426. The number of hydrogen-bond acceptors (Lipinski definition) is 3. The van der Waals surface area contributed by atoms with Gasteiger partial charge in [-0.15, -0.1) is 0 Å². The summed E-state index contributed by atoms with van der Waals surface area (Å²) >= 11 is 0. The number of nitrogens with zero attached hydrogens (tertiary/aromatic N) is 1. The third kappa shape index (κ3) is 3.32. The van der Waals surface area contributed by atoms with Crippen molar-refractivity contribution in [1.29, 1.82) is 5.26 Å². The van der Waals surface area contributed by atoms with Crippen molar-refractivity contribution in [2.75, 3.05) is 19.0 Å². The van der Waals surface area contributed by atoms with Crippen molar-refractivity contribution in [2.45, 2.75) is 13.8 Å². The number of anilines is 1. The Kier molecular flexibility index (Phi) is 4.41. The van der Waals surface area contributed by atoms with E-state index in [0.29, 0.717) is 11.3 Å². The molecular formula is C13H16N2O. The molecule has 0 spiro atoms. The van der Waals surface area contributed by atoms with Crippen LogP contribution in [0.3, 0.4) is 0 Å². The highest BCUT2D eigenvalue weighted by atomic mass is 16.5. The highest BCUT2D eigenvalue weighted by Crippen LogP contribution is 2.24. The number of hydrogen-bond donors (Lipinski definition) is 1.